The molecule has 0 aliphatic heterocycles. The second-order valence-electron chi connectivity index (χ2n) is 4.76. The Bertz CT molecular complexity index is 600. The highest BCUT2D eigenvalue weighted by atomic mass is 35.5. The summed E-state index contributed by atoms with van der Waals surface area (Å²) in [6.07, 6.45) is 4.93. The SMILES string of the molecule is Fc1ccc(Cl)c(NC2CCCc3cccnc32)c1. The number of rotatable bonds is 2. The molecule has 1 aromatic carbocycles. The van der Waals surface area contributed by atoms with E-state index in [1.165, 1.54) is 17.7 Å². The summed E-state index contributed by atoms with van der Waals surface area (Å²) in [4.78, 5) is 4.45. The first-order valence-corrected chi connectivity index (χ1v) is 6.77. The number of nitrogens with zero attached hydrogens (tertiary/aromatic N) is 1. The maximum Gasteiger partial charge on any atom is 0.125 e. The summed E-state index contributed by atoms with van der Waals surface area (Å²) in [7, 11) is 0. The van der Waals surface area contributed by atoms with Crippen molar-refractivity contribution in [3.63, 3.8) is 0 Å². The Morgan fingerprint density at radius 3 is 3.11 bits per heavy atom. The van der Waals surface area contributed by atoms with Gasteiger partial charge in [-0.3, -0.25) is 4.98 Å². The van der Waals surface area contributed by atoms with E-state index in [1.54, 1.807) is 12.3 Å². The number of hydrogen-bond donors (Lipinski definition) is 1. The van der Waals surface area contributed by atoms with E-state index in [1.807, 2.05) is 6.07 Å². The Morgan fingerprint density at radius 1 is 1.32 bits per heavy atom. The predicted octanol–water partition coefficient (Wildman–Crippen LogP) is 4.36. The van der Waals surface area contributed by atoms with Crippen LogP contribution < -0.4 is 5.32 Å². The first-order valence-electron chi connectivity index (χ1n) is 6.39. The Labute approximate surface area is 116 Å². The fraction of sp³-hybridized carbons (Fsp3) is 0.267. The molecule has 0 radical (unpaired) electrons. The predicted molar refractivity (Wildman–Crippen MR) is 74.9 cm³/mol. The minimum Gasteiger partial charge on any atom is -0.375 e. The summed E-state index contributed by atoms with van der Waals surface area (Å²) >= 11 is 6.09. The van der Waals surface area contributed by atoms with E-state index >= 15 is 0 Å². The molecule has 1 aliphatic rings. The highest BCUT2D eigenvalue weighted by Gasteiger charge is 2.21. The summed E-state index contributed by atoms with van der Waals surface area (Å²) in [6.45, 7) is 0. The van der Waals surface area contributed by atoms with Gasteiger partial charge in [-0.25, -0.2) is 4.39 Å². The number of halogens is 2. The zero-order chi connectivity index (χ0) is 13.2. The summed E-state index contributed by atoms with van der Waals surface area (Å²) < 4.78 is 13.3. The average molecular weight is 277 g/mol. The first kappa shape index (κ1) is 12.4. The van der Waals surface area contributed by atoms with Crippen molar-refractivity contribution in [2.75, 3.05) is 5.32 Å². The maximum absolute atomic E-state index is 13.3. The fourth-order valence-electron chi connectivity index (χ4n) is 2.55. The zero-order valence-electron chi connectivity index (χ0n) is 10.4. The number of aromatic nitrogens is 1. The molecule has 0 amide bonds. The van der Waals surface area contributed by atoms with Crippen LogP contribution in [0.15, 0.2) is 36.5 Å². The maximum atomic E-state index is 13.3. The lowest BCUT2D eigenvalue weighted by atomic mass is 9.92. The zero-order valence-corrected chi connectivity index (χ0v) is 11.1. The second-order valence-corrected chi connectivity index (χ2v) is 5.17. The highest BCUT2D eigenvalue weighted by molar-refractivity contribution is 6.33. The van der Waals surface area contributed by atoms with Crippen molar-refractivity contribution in [1.82, 2.24) is 4.98 Å². The standard InChI is InChI=1S/C15H14ClFN2/c16-12-7-6-11(17)9-14(12)19-13-5-1-3-10-4-2-8-18-15(10)13/h2,4,6-9,13,19H,1,3,5H2. The minimum atomic E-state index is -0.288. The number of fused-ring (bicyclic) bond motifs is 1. The number of anilines is 1. The molecule has 19 heavy (non-hydrogen) atoms. The van der Waals surface area contributed by atoms with Gasteiger partial charge in [0.15, 0.2) is 0 Å². The molecule has 0 bridgehead atoms. The summed E-state index contributed by atoms with van der Waals surface area (Å²) in [6, 6.07) is 8.52. The molecule has 1 aliphatic carbocycles. The number of benzene rings is 1. The first-order chi connectivity index (χ1) is 9.24. The van der Waals surface area contributed by atoms with E-state index in [-0.39, 0.29) is 11.9 Å². The lowest BCUT2D eigenvalue weighted by Gasteiger charge is -2.26. The molecule has 0 saturated heterocycles. The molecule has 1 unspecified atom stereocenters. The van der Waals surface area contributed by atoms with Gasteiger partial charge in [-0.15, -0.1) is 0 Å². The third-order valence-electron chi connectivity index (χ3n) is 3.45. The normalized spacial score (nSPS) is 17.9. The van der Waals surface area contributed by atoms with Crippen molar-refractivity contribution in [2.24, 2.45) is 0 Å². The molecule has 98 valence electrons. The fourth-order valence-corrected chi connectivity index (χ4v) is 2.72. The highest BCUT2D eigenvalue weighted by Crippen LogP contribution is 2.33. The van der Waals surface area contributed by atoms with Gasteiger partial charge >= 0.3 is 0 Å². The quantitative estimate of drug-likeness (QED) is 0.881. The number of nitrogens with one attached hydrogen (secondary N) is 1. The van der Waals surface area contributed by atoms with Crippen LogP contribution in [0.5, 0.6) is 0 Å². The molecule has 0 spiro atoms. The molecule has 1 N–H and O–H groups in total. The van der Waals surface area contributed by atoms with Gasteiger partial charge in [0.2, 0.25) is 0 Å². The van der Waals surface area contributed by atoms with E-state index in [0.29, 0.717) is 10.7 Å². The molecular formula is C15H14ClFN2. The van der Waals surface area contributed by atoms with Crippen LogP contribution in [-0.4, -0.2) is 4.98 Å². The van der Waals surface area contributed by atoms with Gasteiger partial charge < -0.3 is 5.32 Å². The topological polar surface area (TPSA) is 24.9 Å². The summed E-state index contributed by atoms with van der Waals surface area (Å²) in [5, 5.41) is 3.84. The van der Waals surface area contributed by atoms with Gasteiger partial charge in [-0.05, 0) is 49.1 Å². The van der Waals surface area contributed by atoms with Gasteiger partial charge in [-0.2, -0.15) is 0 Å². The van der Waals surface area contributed by atoms with Crippen LogP contribution >= 0.6 is 11.6 Å². The molecule has 0 fully saturated rings. The molecular weight excluding hydrogens is 263 g/mol. The van der Waals surface area contributed by atoms with Gasteiger partial charge in [0, 0.05) is 6.20 Å². The molecule has 2 nitrogen and oxygen atoms in total. The smallest absolute Gasteiger partial charge is 0.125 e. The molecule has 0 saturated carbocycles. The summed E-state index contributed by atoms with van der Waals surface area (Å²) in [5.74, 6) is -0.288. The van der Waals surface area contributed by atoms with Crippen LogP contribution in [0.3, 0.4) is 0 Å². The number of hydrogen-bond acceptors (Lipinski definition) is 2. The largest absolute Gasteiger partial charge is 0.375 e. The minimum absolute atomic E-state index is 0.101. The van der Waals surface area contributed by atoms with Gasteiger partial charge in [0.25, 0.3) is 0 Å². The lowest BCUT2D eigenvalue weighted by molar-refractivity contribution is 0.582. The van der Waals surface area contributed by atoms with Crippen molar-refractivity contribution >= 4 is 17.3 Å². The van der Waals surface area contributed by atoms with Crippen LogP contribution in [-0.2, 0) is 6.42 Å². The Hall–Kier alpha value is -1.61. The van der Waals surface area contributed by atoms with Crippen LogP contribution in [0, 0.1) is 5.82 Å². The summed E-state index contributed by atoms with van der Waals surface area (Å²) in [5.41, 5.74) is 2.94. The van der Waals surface area contributed by atoms with Gasteiger partial charge in [-0.1, -0.05) is 17.7 Å². The van der Waals surface area contributed by atoms with Crippen LogP contribution in [0.2, 0.25) is 5.02 Å². The van der Waals surface area contributed by atoms with E-state index in [4.69, 9.17) is 11.6 Å². The van der Waals surface area contributed by atoms with E-state index in [9.17, 15) is 4.39 Å². The second kappa shape index (κ2) is 5.17. The Morgan fingerprint density at radius 2 is 2.21 bits per heavy atom. The van der Waals surface area contributed by atoms with E-state index < -0.39 is 0 Å². The third-order valence-corrected chi connectivity index (χ3v) is 3.78. The third kappa shape index (κ3) is 2.56. The Kier molecular flexibility index (Phi) is 3.38. The molecule has 1 atom stereocenters. The number of pyridine rings is 1. The van der Waals surface area contributed by atoms with E-state index in [2.05, 4.69) is 16.4 Å². The molecule has 2 aromatic rings. The molecule has 1 aromatic heterocycles. The van der Waals surface area contributed by atoms with Crippen molar-refractivity contribution in [3.8, 4) is 0 Å². The van der Waals surface area contributed by atoms with Crippen LogP contribution in [0.4, 0.5) is 10.1 Å². The average Bonchev–Trinajstić information content (AvgIpc) is 2.43. The molecule has 4 heteroatoms. The van der Waals surface area contributed by atoms with Gasteiger partial charge in [0.05, 0.1) is 22.4 Å². The van der Waals surface area contributed by atoms with Crippen molar-refractivity contribution < 1.29 is 4.39 Å². The van der Waals surface area contributed by atoms with E-state index in [0.717, 1.165) is 25.0 Å². The van der Waals surface area contributed by atoms with Crippen LogP contribution in [0.25, 0.3) is 0 Å². The van der Waals surface area contributed by atoms with Crippen molar-refractivity contribution in [1.29, 1.82) is 0 Å². The molecule has 3 rings (SSSR count). The molecule has 1 heterocycles. The van der Waals surface area contributed by atoms with Crippen molar-refractivity contribution in [3.05, 3.63) is 58.6 Å². The number of aryl methyl sites for hydroxylation is 1. The lowest BCUT2D eigenvalue weighted by Crippen LogP contribution is -2.19. The van der Waals surface area contributed by atoms with Gasteiger partial charge in [0.1, 0.15) is 5.82 Å². The monoisotopic (exact) mass is 276 g/mol. The Balaban J connectivity index is 1.90. The van der Waals surface area contributed by atoms with Crippen LogP contribution in [0.1, 0.15) is 30.1 Å². The van der Waals surface area contributed by atoms with Crippen molar-refractivity contribution in [2.45, 2.75) is 25.3 Å².